The highest BCUT2D eigenvalue weighted by atomic mass is 15.4. The Bertz CT molecular complexity index is 299. The van der Waals surface area contributed by atoms with Crippen molar-refractivity contribution in [3.8, 4) is 0 Å². The van der Waals surface area contributed by atoms with Crippen LogP contribution >= 0.6 is 0 Å². The fraction of sp³-hybridized carbons (Fsp3) is 0.444. The Hall–Kier alpha value is -1.45. The summed E-state index contributed by atoms with van der Waals surface area (Å²) in [5.41, 5.74) is 0. The molecule has 1 aliphatic carbocycles. The normalized spacial score (nSPS) is 22.6. The van der Waals surface area contributed by atoms with Crippen LogP contribution in [0.1, 0.15) is 19.3 Å². The maximum atomic E-state index is 4.22. The van der Waals surface area contributed by atoms with E-state index in [1.165, 1.54) is 12.8 Å². The van der Waals surface area contributed by atoms with Crippen molar-refractivity contribution in [2.75, 3.05) is 0 Å². The largest absolute Gasteiger partial charge is 0.208 e. The molecule has 0 N–H and O–H groups in total. The average Bonchev–Trinajstić information content (AvgIpc) is 2.69. The second-order valence-electron chi connectivity index (χ2n) is 3.15. The lowest BCUT2D eigenvalue weighted by molar-refractivity contribution is 0.622. The van der Waals surface area contributed by atoms with Gasteiger partial charge in [0.25, 0.3) is 0 Å². The van der Waals surface area contributed by atoms with Crippen LogP contribution in [-0.2, 0) is 0 Å². The Morgan fingerprint density at radius 2 is 2.15 bits per heavy atom. The van der Waals surface area contributed by atoms with E-state index in [9.17, 15) is 0 Å². The standard InChI is InChI=1S/C9H12N4/c1-2-4-9(5-3-1)6-12-13-7-10-11-8-13/h1-2,6-9H,3-5H2/t9-/m1/s1. The molecule has 0 aliphatic heterocycles. The first-order valence-electron chi connectivity index (χ1n) is 4.49. The lowest BCUT2D eigenvalue weighted by atomic mass is 9.96. The van der Waals surface area contributed by atoms with Crippen LogP contribution in [0.15, 0.2) is 29.9 Å². The van der Waals surface area contributed by atoms with E-state index in [4.69, 9.17) is 0 Å². The maximum Gasteiger partial charge on any atom is 0.141 e. The number of hydrogen-bond donors (Lipinski definition) is 0. The molecule has 13 heavy (non-hydrogen) atoms. The van der Waals surface area contributed by atoms with Crippen molar-refractivity contribution in [2.24, 2.45) is 11.0 Å². The van der Waals surface area contributed by atoms with Crippen molar-refractivity contribution in [3.05, 3.63) is 24.8 Å². The SMILES string of the molecule is C1=CC[C@@H](C=Nn2cnnc2)CC1. The second kappa shape index (κ2) is 3.98. The molecule has 0 aromatic carbocycles. The highest BCUT2D eigenvalue weighted by Gasteiger charge is 2.05. The Morgan fingerprint density at radius 3 is 2.85 bits per heavy atom. The summed E-state index contributed by atoms with van der Waals surface area (Å²) in [7, 11) is 0. The van der Waals surface area contributed by atoms with Crippen LogP contribution in [0, 0.1) is 5.92 Å². The first-order valence-corrected chi connectivity index (χ1v) is 4.49. The highest BCUT2D eigenvalue weighted by molar-refractivity contribution is 5.61. The van der Waals surface area contributed by atoms with E-state index in [1.807, 2.05) is 6.21 Å². The van der Waals surface area contributed by atoms with Gasteiger partial charge in [-0.1, -0.05) is 12.2 Å². The van der Waals surface area contributed by atoms with Crippen LogP contribution < -0.4 is 0 Å². The van der Waals surface area contributed by atoms with Crippen LogP contribution in [0.3, 0.4) is 0 Å². The van der Waals surface area contributed by atoms with Gasteiger partial charge in [0.05, 0.1) is 0 Å². The third-order valence-corrected chi connectivity index (χ3v) is 2.13. The molecule has 0 radical (unpaired) electrons. The van der Waals surface area contributed by atoms with Crippen molar-refractivity contribution in [1.82, 2.24) is 14.9 Å². The van der Waals surface area contributed by atoms with Gasteiger partial charge in [0.15, 0.2) is 0 Å². The summed E-state index contributed by atoms with van der Waals surface area (Å²) in [4.78, 5) is 0. The van der Waals surface area contributed by atoms with Gasteiger partial charge < -0.3 is 0 Å². The molecule has 1 aliphatic rings. The summed E-state index contributed by atoms with van der Waals surface area (Å²) in [6.07, 6.45) is 13.1. The first kappa shape index (κ1) is 8.16. The molecule has 0 fully saturated rings. The highest BCUT2D eigenvalue weighted by Crippen LogP contribution is 2.15. The molecule has 2 rings (SSSR count). The Balaban J connectivity index is 1.93. The minimum atomic E-state index is 0.576. The molecule has 0 saturated heterocycles. The zero-order chi connectivity index (χ0) is 8.93. The monoisotopic (exact) mass is 176 g/mol. The average molecular weight is 176 g/mol. The fourth-order valence-electron chi connectivity index (χ4n) is 1.38. The molecule has 1 aromatic heterocycles. The second-order valence-corrected chi connectivity index (χ2v) is 3.15. The molecule has 0 bridgehead atoms. The van der Waals surface area contributed by atoms with Crippen molar-refractivity contribution < 1.29 is 0 Å². The summed E-state index contributed by atoms with van der Waals surface area (Å²) < 4.78 is 1.62. The maximum absolute atomic E-state index is 4.22. The minimum Gasteiger partial charge on any atom is -0.208 e. The third-order valence-electron chi connectivity index (χ3n) is 2.13. The summed E-state index contributed by atoms with van der Waals surface area (Å²) >= 11 is 0. The molecular weight excluding hydrogens is 164 g/mol. The summed E-state index contributed by atoms with van der Waals surface area (Å²) in [6, 6.07) is 0. The van der Waals surface area contributed by atoms with Crippen LogP contribution in [0.4, 0.5) is 0 Å². The minimum absolute atomic E-state index is 0.576. The molecule has 1 heterocycles. The van der Waals surface area contributed by atoms with Gasteiger partial charge >= 0.3 is 0 Å². The van der Waals surface area contributed by atoms with E-state index in [-0.39, 0.29) is 0 Å². The predicted molar refractivity (Wildman–Crippen MR) is 50.4 cm³/mol. The molecule has 4 nitrogen and oxygen atoms in total. The van der Waals surface area contributed by atoms with E-state index < -0.39 is 0 Å². The van der Waals surface area contributed by atoms with Gasteiger partial charge in [-0.25, -0.2) is 4.68 Å². The first-order chi connectivity index (χ1) is 6.45. The third kappa shape index (κ3) is 2.24. The summed E-state index contributed by atoms with van der Waals surface area (Å²) in [5, 5.41) is 11.6. The summed E-state index contributed by atoms with van der Waals surface area (Å²) in [6.45, 7) is 0. The topological polar surface area (TPSA) is 43.1 Å². The molecule has 0 saturated carbocycles. The number of aromatic nitrogens is 3. The van der Waals surface area contributed by atoms with Gasteiger partial charge in [-0.3, -0.25) is 0 Å². The van der Waals surface area contributed by atoms with E-state index >= 15 is 0 Å². The van der Waals surface area contributed by atoms with E-state index in [1.54, 1.807) is 17.3 Å². The molecule has 68 valence electrons. The number of nitrogens with zero attached hydrogens (tertiary/aromatic N) is 4. The van der Waals surface area contributed by atoms with Crippen molar-refractivity contribution in [3.63, 3.8) is 0 Å². The predicted octanol–water partition coefficient (Wildman–Crippen LogP) is 1.47. The van der Waals surface area contributed by atoms with Gasteiger partial charge in [0, 0.05) is 6.21 Å². The molecule has 1 aromatic rings. The van der Waals surface area contributed by atoms with Gasteiger partial charge in [-0.05, 0) is 25.2 Å². The van der Waals surface area contributed by atoms with E-state index in [0.29, 0.717) is 5.92 Å². The Kier molecular flexibility index (Phi) is 2.50. The lowest BCUT2D eigenvalue weighted by Crippen LogP contribution is -2.04. The number of allylic oxidation sites excluding steroid dienone is 2. The Labute approximate surface area is 77.0 Å². The molecule has 0 amide bonds. The molecule has 1 atom stereocenters. The van der Waals surface area contributed by atoms with Crippen molar-refractivity contribution >= 4 is 6.21 Å². The quantitative estimate of drug-likeness (QED) is 0.506. The number of rotatable bonds is 2. The van der Waals surface area contributed by atoms with Crippen molar-refractivity contribution in [1.29, 1.82) is 0 Å². The van der Waals surface area contributed by atoms with Gasteiger partial charge in [0.2, 0.25) is 0 Å². The van der Waals surface area contributed by atoms with Crippen LogP contribution in [0.2, 0.25) is 0 Å². The smallest absolute Gasteiger partial charge is 0.141 e. The van der Waals surface area contributed by atoms with Crippen molar-refractivity contribution in [2.45, 2.75) is 19.3 Å². The fourth-order valence-corrected chi connectivity index (χ4v) is 1.38. The van der Waals surface area contributed by atoms with E-state index in [2.05, 4.69) is 27.5 Å². The van der Waals surface area contributed by atoms with E-state index in [0.717, 1.165) is 6.42 Å². The molecule has 0 spiro atoms. The van der Waals surface area contributed by atoms with Gasteiger partial charge in [-0.15, -0.1) is 10.2 Å². The molecular formula is C9H12N4. The Morgan fingerprint density at radius 1 is 1.31 bits per heavy atom. The van der Waals surface area contributed by atoms with Crippen LogP contribution in [0.25, 0.3) is 0 Å². The molecule has 4 heteroatoms. The zero-order valence-corrected chi connectivity index (χ0v) is 7.37. The number of hydrogen-bond acceptors (Lipinski definition) is 3. The lowest BCUT2D eigenvalue weighted by Gasteiger charge is -2.11. The van der Waals surface area contributed by atoms with Gasteiger partial charge in [-0.2, -0.15) is 5.10 Å². The molecule has 0 unspecified atom stereocenters. The summed E-state index contributed by atoms with van der Waals surface area (Å²) in [5.74, 6) is 0.576. The van der Waals surface area contributed by atoms with Crippen LogP contribution in [0.5, 0.6) is 0 Å². The van der Waals surface area contributed by atoms with Gasteiger partial charge in [0.1, 0.15) is 12.7 Å². The van der Waals surface area contributed by atoms with Crippen LogP contribution in [-0.4, -0.2) is 21.1 Å². The zero-order valence-electron chi connectivity index (χ0n) is 7.37.